The predicted octanol–water partition coefficient (Wildman–Crippen LogP) is 9.57. The van der Waals surface area contributed by atoms with Gasteiger partial charge < -0.3 is 0 Å². The zero-order valence-electron chi connectivity index (χ0n) is 18.3. The van der Waals surface area contributed by atoms with E-state index >= 15 is 0 Å². The molecule has 0 aromatic rings. The SMILES string of the molecule is [CH2]CCCCC[Si](CCCCCC)(CCCCCC)CCCCCC. The first-order valence-electron chi connectivity index (χ1n) is 12.0. The maximum Gasteiger partial charge on any atom is 0.0535 e. The number of rotatable bonds is 20. The van der Waals surface area contributed by atoms with E-state index in [1.54, 1.807) is 24.2 Å². The van der Waals surface area contributed by atoms with Gasteiger partial charge >= 0.3 is 0 Å². The minimum absolute atomic E-state index is 1.02. The Kier molecular flexibility index (Phi) is 19.2. The van der Waals surface area contributed by atoms with Crippen molar-refractivity contribution in [3.05, 3.63) is 6.92 Å². The predicted molar refractivity (Wildman–Crippen MR) is 121 cm³/mol. The van der Waals surface area contributed by atoms with Crippen molar-refractivity contribution >= 4 is 8.07 Å². The summed E-state index contributed by atoms with van der Waals surface area (Å²) in [7, 11) is -1.02. The molecule has 0 amide bonds. The standard InChI is InChI=1S/C24H51Si/c1-5-9-13-17-21-25(22-18-14-10-6-2,23-19-15-11-7-3)24-20-16-12-8-4/h1,5-24H2,2-4H3. The third kappa shape index (κ3) is 15.0. The zero-order chi connectivity index (χ0) is 18.6. The highest BCUT2D eigenvalue weighted by atomic mass is 28.3. The topological polar surface area (TPSA) is 0 Å². The third-order valence-electron chi connectivity index (χ3n) is 6.14. The summed E-state index contributed by atoms with van der Waals surface area (Å²) in [4.78, 5) is 0. The van der Waals surface area contributed by atoms with E-state index in [0.717, 1.165) is 6.42 Å². The summed E-state index contributed by atoms with van der Waals surface area (Å²) in [5, 5.41) is 0. The molecule has 0 aromatic heterocycles. The summed E-state index contributed by atoms with van der Waals surface area (Å²) < 4.78 is 0. The number of hydrogen-bond donors (Lipinski definition) is 0. The maximum atomic E-state index is 4.04. The van der Waals surface area contributed by atoms with Crippen LogP contribution in [0, 0.1) is 6.92 Å². The van der Waals surface area contributed by atoms with Crippen LogP contribution in [0.4, 0.5) is 0 Å². The van der Waals surface area contributed by atoms with Gasteiger partial charge in [-0.1, -0.05) is 155 Å². The number of hydrogen-bond acceptors (Lipinski definition) is 0. The number of unbranched alkanes of at least 4 members (excludes halogenated alkanes) is 12. The Labute approximate surface area is 163 Å². The van der Waals surface area contributed by atoms with Crippen molar-refractivity contribution in [2.24, 2.45) is 0 Å². The van der Waals surface area contributed by atoms with Crippen molar-refractivity contribution in [3.63, 3.8) is 0 Å². The van der Waals surface area contributed by atoms with Gasteiger partial charge in [-0.3, -0.25) is 0 Å². The molecule has 0 N–H and O–H groups in total. The molecule has 1 radical (unpaired) electrons. The van der Waals surface area contributed by atoms with Crippen LogP contribution in [0.15, 0.2) is 0 Å². The Morgan fingerprint density at radius 2 is 0.760 bits per heavy atom. The van der Waals surface area contributed by atoms with E-state index in [4.69, 9.17) is 0 Å². The molecule has 151 valence electrons. The van der Waals surface area contributed by atoms with Crippen LogP contribution in [0.1, 0.15) is 124 Å². The molecule has 0 saturated heterocycles. The molecule has 0 rings (SSSR count). The van der Waals surface area contributed by atoms with E-state index < -0.39 is 8.07 Å². The fraction of sp³-hybridized carbons (Fsp3) is 0.958. The third-order valence-corrected chi connectivity index (χ3v) is 11.8. The molecular formula is C24H51Si. The van der Waals surface area contributed by atoms with Crippen LogP contribution in [-0.2, 0) is 0 Å². The van der Waals surface area contributed by atoms with Gasteiger partial charge in [-0.2, -0.15) is 0 Å². The van der Waals surface area contributed by atoms with Crippen LogP contribution in [0.3, 0.4) is 0 Å². The minimum atomic E-state index is -1.02. The van der Waals surface area contributed by atoms with Crippen molar-refractivity contribution in [2.45, 2.75) is 148 Å². The van der Waals surface area contributed by atoms with E-state index in [0.29, 0.717) is 0 Å². The monoisotopic (exact) mass is 367 g/mol. The Bertz CT molecular complexity index is 195. The van der Waals surface area contributed by atoms with Crippen LogP contribution in [-0.4, -0.2) is 8.07 Å². The fourth-order valence-corrected chi connectivity index (χ4v) is 9.88. The summed E-state index contributed by atoms with van der Waals surface area (Å²) in [5.41, 5.74) is 0. The summed E-state index contributed by atoms with van der Waals surface area (Å²) >= 11 is 0. The van der Waals surface area contributed by atoms with E-state index in [2.05, 4.69) is 27.7 Å². The highest BCUT2D eigenvalue weighted by molar-refractivity contribution is 6.79. The summed E-state index contributed by atoms with van der Waals surface area (Å²) in [6, 6.07) is 6.58. The van der Waals surface area contributed by atoms with Crippen molar-refractivity contribution < 1.29 is 0 Å². The molecule has 0 aliphatic rings. The zero-order valence-corrected chi connectivity index (χ0v) is 19.3. The quantitative estimate of drug-likeness (QED) is 0.148. The molecule has 0 nitrogen and oxygen atoms in total. The van der Waals surface area contributed by atoms with E-state index in [9.17, 15) is 0 Å². The van der Waals surface area contributed by atoms with Gasteiger partial charge in [-0.05, 0) is 0 Å². The lowest BCUT2D eigenvalue weighted by Crippen LogP contribution is -2.34. The van der Waals surface area contributed by atoms with Crippen LogP contribution in [0.5, 0.6) is 0 Å². The molecule has 0 bridgehead atoms. The first-order chi connectivity index (χ1) is 12.2. The molecule has 25 heavy (non-hydrogen) atoms. The summed E-state index contributed by atoms with van der Waals surface area (Å²) in [6.45, 7) is 11.1. The minimum Gasteiger partial charge on any atom is -0.0654 e. The van der Waals surface area contributed by atoms with Gasteiger partial charge in [0.15, 0.2) is 0 Å². The lowest BCUT2D eigenvalue weighted by molar-refractivity contribution is 0.652. The Hall–Kier alpha value is 0.217. The van der Waals surface area contributed by atoms with Crippen LogP contribution in [0.25, 0.3) is 0 Å². The molecule has 0 fully saturated rings. The van der Waals surface area contributed by atoms with Gasteiger partial charge in [-0.25, -0.2) is 0 Å². The lowest BCUT2D eigenvalue weighted by Gasteiger charge is -2.33. The van der Waals surface area contributed by atoms with Gasteiger partial charge in [0.1, 0.15) is 0 Å². The normalized spacial score (nSPS) is 12.0. The molecular weight excluding hydrogens is 316 g/mol. The summed E-state index contributed by atoms with van der Waals surface area (Å²) in [6.07, 6.45) is 23.0. The molecule has 0 aliphatic carbocycles. The highest BCUT2D eigenvalue weighted by Crippen LogP contribution is 2.35. The molecule has 1 heteroatoms. The highest BCUT2D eigenvalue weighted by Gasteiger charge is 2.30. The average molecular weight is 368 g/mol. The van der Waals surface area contributed by atoms with Gasteiger partial charge in [0.05, 0.1) is 8.07 Å². The van der Waals surface area contributed by atoms with Crippen LogP contribution >= 0.6 is 0 Å². The van der Waals surface area contributed by atoms with Crippen molar-refractivity contribution in [1.29, 1.82) is 0 Å². The van der Waals surface area contributed by atoms with Gasteiger partial charge in [-0.15, -0.1) is 0 Å². The molecule has 0 aliphatic heterocycles. The lowest BCUT2D eigenvalue weighted by atomic mass is 10.2. The van der Waals surface area contributed by atoms with E-state index in [1.165, 1.54) is 96.3 Å². The van der Waals surface area contributed by atoms with Crippen molar-refractivity contribution in [3.8, 4) is 0 Å². The molecule has 0 atom stereocenters. The second-order valence-corrected chi connectivity index (χ2v) is 13.6. The second-order valence-electron chi connectivity index (χ2n) is 8.60. The van der Waals surface area contributed by atoms with Crippen LogP contribution < -0.4 is 0 Å². The fourth-order valence-electron chi connectivity index (χ4n) is 4.38. The molecule has 0 heterocycles. The largest absolute Gasteiger partial charge is 0.0654 e. The molecule has 0 unspecified atom stereocenters. The van der Waals surface area contributed by atoms with E-state index in [-0.39, 0.29) is 0 Å². The summed E-state index contributed by atoms with van der Waals surface area (Å²) in [5.74, 6) is 0. The Morgan fingerprint density at radius 3 is 1.04 bits per heavy atom. The molecule has 0 spiro atoms. The first-order valence-corrected chi connectivity index (χ1v) is 14.9. The smallest absolute Gasteiger partial charge is 0.0535 e. The van der Waals surface area contributed by atoms with Gasteiger partial charge in [0.25, 0.3) is 0 Å². The Morgan fingerprint density at radius 1 is 0.440 bits per heavy atom. The van der Waals surface area contributed by atoms with Crippen molar-refractivity contribution in [1.82, 2.24) is 0 Å². The molecule has 0 aromatic carbocycles. The Balaban J connectivity index is 4.62. The first kappa shape index (κ1) is 25.2. The van der Waals surface area contributed by atoms with Crippen LogP contribution in [0.2, 0.25) is 24.2 Å². The van der Waals surface area contributed by atoms with Gasteiger partial charge in [0.2, 0.25) is 0 Å². The second kappa shape index (κ2) is 19.0. The average Bonchev–Trinajstić information content (AvgIpc) is 2.63. The van der Waals surface area contributed by atoms with Crippen molar-refractivity contribution in [2.75, 3.05) is 0 Å². The molecule has 0 saturated carbocycles. The van der Waals surface area contributed by atoms with Gasteiger partial charge in [0, 0.05) is 0 Å². The van der Waals surface area contributed by atoms with E-state index in [1.807, 2.05) is 0 Å². The maximum absolute atomic E-state index is 4.04.